The quantitative estimate of drug-likeness (QED) is 0.729. The first kappa shape index (κ1) is 13.9. The fourth-order valence-electron chi connectivity index (χ4n) is 1.86. The van der Waals surface area contributed by atoms with Gasteiger partial charge in [-0.2, -0.15) is 4.31 Å². The molecule has 0 bridgehead atoms. The van der Waals surface area contributed by atoms with Crippen LogP contribution in [0.3, 0.4) is 0 Å². The zero-order chi connectivity index (χ0) is 12.0. The standard InChI is InChI=1S/C10H22N2O3S/c1-2-7-15-10-4-3-6-12(9-10)16(13,14)8-5-11/h10H,2-9,11H2,1H3. The molecule has 0 aromatic rings. The molecule has 0 aliphatic carbocycles. The Hall–Kier alpha value is -0.170. The van der Waals surface area contributed by atoms with Crippen molar-refractivity contribution in [2.75, 3.05) is 32.0 Å². The van der Waals surface area contributed by atoms with Crippen molar-refractivity contribution in [2.45, 2.75) is 32.3 Å². The van der Waals surface area contributed by atoms with Crippen molar-refractivity contribution in [2.24, 2.45) is 5.73 Å². The largest absolute Gasteiger partial charge is 0.377 e. The smallest absolute Gasteiger partial charge is 0.215 e. The molecule has 2 N–H and O–H groups in total. The highest BCUT2D eigenvalue weighted by Crippen LogP contribution is 2.16. The molecule has 1 rings (SSSR count). The van der Waals surface area contributed by atoms with Gasteiger partial charge in [0.05, 0.1) is 11.9 Å². The first-order chi connectivity index (χ1) is 7.60. The maximum Gasteiger partial charge on any atom is 0.215 e. The highest BCUT2D eigenvalue weighted by molar-refractivity contribution is 7.89. The molecule has 0 amide bonds. The van der Waals surface area contributed by atoms with Crippen LogP contribution < -0.4 is 5.73 Å². The van der Waals surface area contributed by atoms with Gasteiger partial charge in [0.15, 0.2) is 0 Å². The lowest BCUT2D eigenvalue weighted by molar-refractivity contribution is 0.0193. The van der Waals surface area contributed by atoms with Crippen molar-refractivity contribution < 1.29 is 13.2 Å². The van der Waals surface area contributed by atoms with Crippen LogP contribution >= 0.6 is 0 Å². The van der Waals surface area contributed by atoms with Gasteiger partial charge < -0.3 is 10.5 Å². The van der Waals surface area contributed by atoms with Crippen LogP contribution in [-0.4, -0.2) is 50.8 Å². The molecule has 1 aliphatic rings. The van der Waals surface area contributed by atoms with Gasteiger partial charge >= 0.3 is 0 Å². The second-order valence-electron chi connectivity index (χ2n) is 4.10. The fraction of sp³-hybridized carbons (Fsp3) is 1.00. The van der Waals surface area contributed by atoms with E-state index in [1.165, 1.54) is 4.31 Å². The maximum absolute atomic E-state index is 11.8. The molecule has 1 atom stereocenters. The van der Waals surface area contributed by atoms with Crippen LogP contribution in [0.25, 0.3) is 0 Å². The fourth-order valence-corrected chi connectivity index (χ4v) is 3.21. The zero-order valence-corrected chi connectivity index (χ0v) is 10.7. The number of hydrogen-bond donors (Lipinski definition) is 1. The van der Waals surface area contributed by atoms with E-state index in [4.69, 9.17) is 10.5 Å². The van der Waals surface area contributed by atoms with E-state index in [1.807, 2.05) is 6.92 Å². The summed E-state index contributed by atoms with van der Waals surface area (Å²) in [5.74, 6) is 0.0352. The Morgan fingerprint density at radius 2 is 2.25 bits per heavy atom. The van der Waals surface area contributed by atoms with Crippen molar-refractivity contribution in [1.29, 1.82) is 0 Å². The molecule has 16 heavy (non-hydrogen) atoms. The predicted molar refractivity (Wildman–Crippen MR) is 63.7 cm³/mol. The van der Waals surface area contributed by atoms with Crippen LogP contribution in [0.2, 0.25) is 0 Å². The Bertz CT molecular complexity index is 292. The number of sulfonamides is 1. The Balaban J connectivity index is 2.49. The molecule has 0 aromatic heterocycles. The molecule has 0 aromatic carbocycles. The zero-order valence-electron chi connectivity index (χ0n) is 9.89. The summed E-state index contributed by atoms with van der Waals surface area (Å²) in [4.78, 5) is 0. The van der Waals surface area contributed by atoms with Gasteiger partial charge in [0.25, 0.3) is 0 Å². The summed E-state index contributed by atoms with van der Waals surface area (Å²) in [6.45, 7) is 4.02. The van der Waals surface area contributed by atoms with Crippen LogP contribution in [0.5, 0.6) is 0 Å². The van der Waals surface area contributed by atoms with Gasteiger partial charge in [0.1, 0.15) is 0 Å². The molecule has 96 valence electrons. The third kappa shape index (κ3) is 4.01. The number of piperidine rings is 1. The van der Waals surface area contributed by atoms with Gasteiger partial charge in [0.2, 0.25) is 10.0 Å². The number of ether oxygens (including phenoxy) is 1. The van der Waals surface area contributed by atoms with E-state index in [1.54, 1.807) is 0 Å². The molecule has 5 nitrogen and oxygen atoms in total. The number of rotatable bonds is 6. The molecule has 1 fully saturated rings. The Morgan fingerprint density at radius 1 is 1.50 bits per heavy atom. The Kier molecular flexibility index (Phi) is 5.68. The van der Waals surface area contributed by atoms with Gasteiger partial charge in [-0.15, -0.1) is 0 Å². The lowest BCUT2D eigenvalue weighted by Gasteiger charge is -2.31. The minimum atomic E-state index is -3.16. The van der Waals surface area contributed by atoms with Crippen LogP contribution in [0.1, 0.15) is 26.2 Å². The average Bonchev–Trinajstić information content (AvgIpc) is 2.27. The molecule has 6 heteroatoms. The summed E-state index contributed by atoms with van der Waals surface area (Å²) in [6.07, 6.45) is 2.85. The Morgan fingerprint density at radius 3 is 2.88 bits per heavy atom. The van der Waals surface area contributed by atoms with E-state index in [2.05, 4.69) is 0 Å². The van der Waals surface area contributed by atoms with Crippen LogP contribution in [0, 0.1) is 0 Å². The minimum absolute atomic E-state index is 0.0352. The van der Waals surface area contributed by atoms with E-state index < -0.39 is 10.0 Å². The molecular formula is C10H22N2O3S. The van der Waals surface area contributed by atoms with E-state index in [-0.39, 0.29) is 18.4 Å². The number of nitrogens with zero attached hydrogens (tertiary/aromatic N) is 1. The number of nitrogens with two attached hydrogens (primary N) is 1. The minimum Gasteiger partial charge on any atom is -0.377 e. The molecule has 1 unspecified atom stereocenters. The van der Waals surface area contributed by atoms with Gasteiger partial charge in [-0.25, -0.2) is 8.42 Å². The van der Waals surface area contributed by atoms with Gasteiger partial charge in [-0.05, 0) is 19.3 Å². The monoisotopic (exact) mass is 250 g/mol. The van der Waals surface area contributed by atoms with E-state index in [9.17, 15) is 8.42 Å². The lowest BCUT2D eigenvalue weighted by Crippen LogP contribution is -2.45. The van der Waals surface area contributed by atoms with Crippen molar-refractivity contribution in [1.82, 2.24) is 4.31 Å². The van der Waals surface area contributed by atoms with Crippen molar-refractivity contribution in [3.05, 3.63) is 0 Å². The highest BCUT2D eigenvalue weighted by Gasteiger charge is 2.28. The third-order valence-corrected chi connectivity index (χ3v) is 4.54. The summed E-state index contributed by atoms with van der Waals surface area (Å²) in [5.41, 5.74) is 5.30. The molecule has 0 spiro atoms. The second-order valence-corrected chi connectivity index (χ2v) is 6.19. The van der Waals surface area contributed by atoms with Crippen molar-refractivity contribution in [3.8, 4) is 0 Å². The molecule has 0 radical (unpaired) electrons. The van der Waals surface area contributed by atoms with E-state index in [0.717, 1.165) is 19.3 Å². The molecule has 1 aliphatic heterocycles. The average molecular weight is 250 g/mol. The van der Waals surface area contributed by atoms with Gasteiger partial charge in [-0.3, -0.25) is 0 Å². The lowest BCUT2D eigenvalue weighted by atomic mass is 10.1. The first-order valence-corrected chi connectivity index (χ1v) is 7.50. The first-order valence-electron chi connectivity index (χ1n) is 5.89. The summed E-state index contributed by atoms with van der Waals surface area (Å²) >= 11 is 0. The molecular weight excluding hydrogens is 228 g/mol. The van der Waals surface area contributed by atoms with Crippen LogP contribution in [0.15, 0.2) is 0 Å². The maximum atomic E-state index is 11.8. The SMILES string of the molecule is CCCOC1CCCN(S(=O)(=O)CCN)C1. The summed E-state index contributed by atoms with van der Waals surface area (Å²) in [5, 5.41) is 0. The third-order valence-electron chi connectivity index (χ3n) is 2.67. The Labute approximate surface area is 98.0 Å². The number of hydrogen-bond acceptors (Lipinski definition) is 4. The topological polar surface area (TPSA) is 72.6 Å². The summed E-state index contributed by atoms with van der Waals surface area (Å²) < 4.78 is 30.7. The van der Waals surface area contributed by atoms with Crippen molar-refractivity contribution >= 4 is 10.0 Å². The van der Waals surface area contributed by atoms with Crippen molar-refractivity contribution in [3.63, 3.8) is 0 Å². The van der Waals surface area contributed by atoms with Gasteiger partial charge in [0, 0.05) is 26.2 Å². The van der Waals surface area contributed by atoms with Gasteiger partial charge in [-0.1, -0.05) is 6.92 Å². The highest BCUT2D eigenvalue weighted by atomic mass is 32.2. The van der Waals surface area contributed by atoms with Crippen LogP contribution in [-0.2, 0) is 14.8 Å². The predicted octanol–water partition coefficient (Wildman–Crippen LogP) is 0.166. The summed E-state index contributed by atoms with van der Waals surface area (Å²) in [7, 11) is -3.16. The second kappa shape index (κ2) is 6.54. The molecule has 1 heterocycles. The van der Waals surface area contributed by atoms with E-state index >= 15 is 0 Å². The molecule has 1 saturated heterocycles. The van der Waals surface area contributed by atoms with E-state index in [0.29, 0.717) is 19.7 Å². The summed E-state index contributed by atoms with van der Waals surface area (Å²) in [6, 6.07) is 0. The van der Waals surface area contributed by atoms with Crippen LogP contribution in [0.4, 0.5) is 0 Å². The normalized spacial score (nSPS) is 23.5. The molecule has 0 saturated carbocycles.